The van der Waals surface area contributed by atoms with Gasteiger partial charge in [0.15, 0.2) is 0 Å². The highest BCUT2D eigenvalue weighted by molar-refractivity contribution is 5.67. The van der Waals surface area contributed by atoms with E-state index in [-0.39, 0.29) is 0 Å². The van der Waals surface area contributed by atoms with E-state index in [1.807, 2.05) is 24.3 Å². The third-order valence-corrected chi connectivity index (χ3v) is 4.59. The zero-order valence-electron chi connectivity index (χ0n) is 14.9. The van der Waals surface area contributed by atoms with Crippen molar-refractivity contribution < 1.29 is 0 Å². The molecule has 6 nitrogen and oxygen atoms in total. The quantitative estimate of drug-likeness (QED) is 0.704. The maximum atomic E-state index is 9.21. The molecule has 0 unspecified atom stereocenters. The third kappa shape index (κ3) is 3.98. The second-order valence-electron chi connectivity index (χ2n) is 6.44. The lowest BCUT2D eigenvalue weighted by atomic mass is 10.2. The van der Waals surface area contributed by atoms with Crippen LogP contribution in [0.25, 0.3) is 0 Å². The molecule has 3 aromatic rings. The van der Waals surface area contributed by atoms with Crippen molar-refractivity contribution in [1.29, 1.82) is 5.26 Å². The number of aromatic nitrogens is 2. The van der Waals surface area contributed by atoms with Crippen molar-refractivity contribution in [1.82, 2.24) is 9.97 Å². The lowest BCUT2D eigenvalue weighted by Crippen LogP contribution is -2.17. The summed E-state index contributed by atoms with van der Waals surface area (Å²) in [6.07, 6.45) is 4.04. The number of nitrogens with zero attached hydrogens (tertiary/aromatic N) is 4. The zero-order valence-corrected chi connectivity index (χ0v) is 14.9. The van der Waals surface area contributed by atoms with E-state index in [0.29, 0.717) is 17.2 Å². The Balaban J connectivity index is 1.47. The van der Waals surface area contributed by atoms with Gasteiger partial charge in [-0.05, 0) is 49.2 Å². The van der Waals surface area contributed by atoms with Crippen LogP contribution in [-0.4, -0.2) is 23.1 Å². The molecule has 0 aliphatic carbocycles. The predicted octanol–water partition coefficient (Wildman–Crippen LogP) is 4.44. The predicted molar refractivity (Wildman–Crippen MR) is 108 cm³/mol. The zero-order chi connectivity index (χ0) is 18.5. The average Bonchev–Trinajstić information content (AvgIpc) is 3.24. The van der Waals surface area contributed by atoms with E-state index < -0.39 is 0 Å². The van der Waals surface area contributed by atoms with Gasteiger partial charge in [-0.25, -0.2) is 9.97 Å². The lowest BCUT2D eigenvalue weighted by molar-refractivity contribution is 0.949. The van der Waals surface area contributed by atoms with Gasteiger partial charge in [0.1, 0.15) is 24.0 Å². The Labute approximate surface area is 158 Å². The van der Waals surface area contributed by atoms with Crippen molar-refractivity contribution in [2.24, 2.45) is 0 Å². The van der Waals surface area contributed by atoms with Crippen LogP contribution in [0.2, 0.25) is 0 Å². The molecule has 1 saturated heterocycles. The summed E-state index contributed by atoms with van der Waals surface area (Å²) in [6, 6.07) is 19.7. The summed E-state index contributed by atoms with van der Waals surface area (Å²) in [5, 5.41) is 15.7. The summed E-state index contributed by atoms with van der Waals surface area (Å²) in [7, 11) is 0. The topological polar surface area (TPSA) is 76.9 Å². The van der Waals surface area contributed by atoms with Gasteiger partial charge in [0.2, 0.25) is 0 Å². The van der Waals surface area contributed by atoms with Crippen molar-refractivity contribution in [2.75, 3.05) is 28.6 Å². The van der Waals surface area contributed by atoms with Crippen LogP contribution in [0.4, 0.5) is 28.7 Å². The molecule has 1 aliphatic rings. The minimum Gasteiger partial charge on any atom is -0.372 e. The second-order valence-corrected chi connectivity index (χ2v) is 6.44. The molecule has 0 amide bonds. The van der Waals surface area contributed by atoms with Crippen molar-refractivity contribution in [3.63, 3.8) is 0 Å². The molecule has 1 aliphatic heterocycles. The van der Waals surface area contributed by atoms with Gasteiger partial charge in [0, 0.05) is 30.5 Å². The fourth-order valence-electron chi connectivity index (χ4n) is 3.20. The summed E-state index contributed by atoms with van der Waals surface area (Å²) >= 11 is 0. The van der Waals surface area contributed by atoms with Crippen molar-refractivity contribution in [3.05, 3.63) is 66.5 Å². The Morgan fingerprint density at radius 1 is 0.889 bits per heavy atom. The first kappa shape index (κ1) is 16.9. The van der Waals surface area contributed by atoms with Crippen molar-refractivity contribution in [2.45, 2.75) is 12.8 Å². The number of anilines is 5. The highest BCUT2D eigenvalue weighted by atomic mass is 15.1. The lowest BCUT2D eigenvalue weighted by Gasteiger charge is -2.18. The van der Waals surface area contributed by atoms with E-state index >= 15 is 0 Å². The van der Waals surface area contributed by atoms with Crippen LogP contribution in [-0.2, 0) is 0 Å². The molecule has 1 fully saturated rings. The van der Waals surface area contributed by atoms with E-state index in [2.05, 4.69) is 55.8 Å². The van der Waals surface area contributed by atoms with Crippen LogP contribution in [0, 0.1) is 11.3 Å². The normalized spacial score (nSPS) is 13.2. The van der Waals surface area contributed by atoms with Gasteiger partial charge in [0.25, 0.3) is 0 Å². The van der Waals surface area contributed by atoms with Crippen LogP contribution < -0.4 is 15.5 Å². The first-order valence-electron chi connectivity index (χ1n) is 9.02. The molecule has 27 heavy (non-hydrogen) atoms. The fraction of sp³-hybridized carbons (Fsp3) is 0.190. The highest BCUT2D eigenvalue weighted by Gasteiger charge is 2.12. The van der Waals surface area contributed by atoms with Gasteiger partial charge in [-0.1, -0.05) is 12.1 Å². The summed E-state index contributed by atoms with van der Waals surface area (Å²) in [4.78, 5) is 10.9. The Morgan fingerprint density at radius 3 is 2.33 bits per heavy atom. The molecule has 6 heteroatoms. The maximum absolute atomic E-state index is 9.21. The minimum absolute atomic E-state index is 0.572. The Kier molecular flexibility index (Phi) is 4.84. The number of nitriles is 1. The second kappa shape index (κ2) is 7.75. The van der Waals surface area contributed by atoms with Crippen molar-refractivity contribution in [3.8, 4) is 6.07 Å². The maximum Gasteiger partial charge on any atom is 0.135 e. The molecule has 2 heterocycles. The smallest absolute Gasteiger partial charge is 0.135 e. The molecule has 4 rings (SSSR count). The van der Waals surface area contributed by atoms with Gasteiger partial charge in [-0.3, -0.25) is 0 Å². The van der Waals surface area contributed by atoms with Crippen molar-refractivity contribution >= 4 is 28.7 Å². The Hall–Kier alpha value is -3.59. The molecule has 2 aromatic carbocycles. The largest absolute Gasteiger partial charge is 0.372 e. The van der Waals surface area contributed by atoms with Crippen LogP contribution in [0.3, 0.4) is 0 Å². The van der Waals surface area contributed by atoms with Crippen LogP contribution >= 0.6 is 0 Å². The van der Waals surface area contributed by atoms with Crippen LogP contribution in [0.15, 0.2) is 60.9 Å². The molecule has 2 N–H and O–H groups in total. The van der Waals surface area contributed by atoms with Gasteiger partial charge >= 0.3 is 0 Å². The first-order valence-corrected chi connectivity index (χ1v) is 9.02. The van der Waals surface area contributed by atoms with Gasteiger partial charge in [0.05, 0.1) is 11.3 Å². The number of hydrogen-bond acceptors (Lipinski definition) is 6. The number of hydrogen-bond donors (Lipinski definition) is 2. The summed E-state index contributed by atoms with van der Waals surface area (Å²) in [5.41, 5.74) is 3.53. The van der Waals surface area contributed by atoms with Crippen LogP contribution in [0.1, 0.15) is 18.4 Å². The van der Waals surface area contributed by atoms with Gasteiger partial charge < -0.3 is 15.5 Å². The molecule has 0 atom stereocenters. The van der Waals surface area contributed by atoms with Gasteiger partial charge in [-0.2, -0.15) is 5.26 Å². The van der Waals surface area contributed by atoms with Gasteiger partial charge in [-0.15, -0.1) is 0 Å². The standard InChI is InChI=1S/C21H20N6/c22-14-16-5-1-2-6-19(16)26-21-13-20(23-15-24-21)25-17-7-9-18(10-8-17)27-11-3-4-12-27/h1-2,5-10,13,15H,3-4,11-12H2,(H2,23,24,25,26). The molecular weight excluding hydrogens is 336 g/mol. The SMILES string of the molecule is N#Cc1ccccc1Nc1cc(Nc2ccc(N3CCCC3)cc2)ncn1. The average molecular weight is 356 g/mol. The minimum atomic E-state index is 0.572. The number of benzene rings is 2. The number of para-hydroxylation sites is 1. The molecule has 0 spiro atoms. The molecule has 134 valence electrons. The first-order chi connectivity index (χ1) is 13.3. The monoisotopic (exact) mass is 356 g/mol. The summed E-state index contributed by atoms with van der Waals surface area (Å²) in [5.74, 6) is 1.32. The van der Waals surface area contributed by atoms with E-state index in [1.165, 1.54) is 24.9 Å². The van der Waals surface area contributed by atoms with Crippen LogP contribution in [0.5, 0.6) is 0 Å². The Morgan fingerprint density at radius 2 is 1.59 bits per heavy atom. The van der Waals surface area contributed by atoms with E-state index in [9.17, 15) is 5.26 Å². The molecule has 0 bridgehead atoms. The molecule has 0 radical (unpaired) electrons. The number of rotatable bonds is 5. The molecule has 0 saturated carbocycles. The Bertz CT molecular complexity index is 955. The third-order valence-electron chi connectivity index (χ3n) is 4.59. The number of nitrogens with one attached hydrogen (secondary N) is 2. The van der Waals surface area contributed by atoms with E-state index in [1.54, 1.807) is 6.07 Å². The molecule has 1 aromatic heterocycles. The van der Waals surface area contributed by atoms with E-state index in [0.717, 1.165) is 24.5 Å². The van der Waals surface area contributed by atoms with E-state index in [4.69, 9.17) is 0 Å². The summed E-state index contributed by atoms with van der Waals surface area (Å²) in [6.45, 7) is 2.27. The fourth-order valence-corrected chi connectivity index (χ4v) is 3.20. The molecular formula is C21H20N6. The summed E-state index contributed by atoms with van der Waals surface area (Å²) < 4.78 is 0. The highest BCUT2D eigenvalue weighted by Crippen LogP contribution is 2.25.